The molecule has 0 bridgehead atoms. The number of hydrogen-bond donors (Lipinski definition) is 3. The minimum Gasteiger partial charge on any atom is -0.390 e. The molecule has 0 aromatic heterocycles. The number of aliphatic hydroxyl groups excluding tert-OH is 2. The van der Waals surface area contributed by atoms with Crippen LogP contribution in [-0.4, -0.2) is 62.8 Å². The molecule has 1 unspecified atom stereocenters. The number of allylic oxidation sites excluding steroid dienone is 1. The normalized spacial score (nSPS) is 44.4. The van der Waals surface area contributed by atoms with Crippen LogP contribution < -0.4 is 0 Å². The summed E-state index contributed by atoms with van der Waals surface area (Å²) in [6, 6.07) is 0. The Balaban J connectivity index is 1.74. The Morgan fingerprint density at radius 3 is 2.49 bits per heavy atom. The van der Waals surface area contributed by atoms with Gasteiger partial charge >= 0.3 is 11.9 Å². The summed E-state index contributed by atoms with van der Waals surface area (Å²) in [7, 11) is 0. The smallest absolute Gasteiger partial charge is 0.355 e. The van der Waals surface area contributed by atoms with Gasteiger partial charge in [-0.25, -0.2) is 23.8 Å². The van der Waals surface area contributed by atoms with Gasteiger partial charge in [0.05, 0.1) is 12.5 Å². The lowest BCUT2D eigenvalue weighted by atomic mass is 9.41. The zero-order valence-corrected chi connectivity index (χ0v) is 20.2. The predicted octanol–water partition coefficient (Wildman–Crippen LogP) is 1.51. The highest BCUT2D eigenvalue weighted by molar-refractivity contribution is 5.93. The van der Waals surface area contributed by atoms with Crippen LogP contribution in [0.4, 0.5) is 4.39 Å². The Kier molecular flexibility index (Phi) is 6.26. The van der Waals surface area contributed by atoms with Crippen LogP contribution in [-0.2, 0) is 29.0 Å². The molecule has 8 atom stereocenters. The number of carbonyl (C=O) groups excluding carboxylic acids is 4. The fraction of sp³-hybridized carbons (Fsp3) is 0.760. The molecule has 0 spiro atoms. The summed E-state index contributed by atoms with van der Waals surface area (Å²) in [6.07, 6.45) is 0.121. The lowest BCUT2D eigenvalue weighted by Crippen LogP contribution is -2.71. The van der Waals surface area contributed by atoms with Crippen LogP contribution in [0.2, 0.25) is 0 Å². The molecule has 3 N–H and O–H groups in total. The molecule has 4 aliphatic rings. The van der Waals surface area contributed by atoms with Crippen LogP contribution in [0.15, 0.2) is 11.6 Å². The van der Waals surface area contributed by atoms with Gasteiger partial charge in [0, 0.05) is 30.1 Å². The van der Waals surface area contributed by atoms with Crippen molar-refractivity contribution in [3.8, 4) is 0 Å². The van der Waals surface area contributed by atoms with Crippen molar-refractivity contribution in [3.05, 3.63) is 11.6 Å². The molecule has 0 saturated heterocycles. The van der Waals surface area contributed by atoms with Gasteiger partial charge in [-0.1, -0.05) is 19.4 Å². The van der Waals surface area contributed by atoms with Crippen LogP contribution in [0, 0.1) is 28.6 Å². The number of aliphatic hydroxyl groups is 3. The Labute approximate surface area is 202 Å². The van der Waals surface area contributed by atoms with E-state index in [1.165, 1.54) is 6.08 Å². The summed E-state index contributed by atoms with van der Waals surface area (Å²) in [5.41, 5.74) is -6.15. The average molecular weight is 497 g/mol. The Morgan fingerprint density at radius 2 is 1.86 bits per heavy atom. The highest BCUT2D eigenvalue weighted by atomic mass is 19.1. The maximum atomic E-state index is 17.6. The monoisotopic (exact) mass is 496 g/mol. The molecule has 10 heteroatoms. The number of rotatable bonds is 4. The molecule has 3 fully saturated rings. The van der Waals surface area contributed by atoms with E-state index in [0.29, 0.717) is 24.8 Å². The molecule has 3 saturated carbocycles. The third kappa shape index (κ3) is 3.43. The van der Waals surface area contributed by atoms with Gasteiger partial charge in [-0.15, -0.1) is 0 Å². The fourth-order valence-electron chi connectivity index (χ4n) is 7.99. The van der Waals surface area contributed by atoms with Gasteiger partial charge in [0.1, 0.15) is 17.9 Å². The summed E-state index contributed by atoms with van der Waals surface area (Å²) in [4.78, 5) is 57.3. The lowest BCUT2D eigenvalue weighted by Gasteiger charge is -2.65. The summed E-state index contributed by atoms with van der Waals surface area (Å²) in [5, 5.41) is 32.2. The molecule has 4 rings (SSSR count). The Hall–Kier alpha value is -2.17. The third-order valence-electron chi connectivity index (χ3n) is 9.76. The maximum absolute atomic E-state index is 17.6. The first-order valence-corrected chi connectivity index (χ1v) is 12.1. The van der Waals surface area contributed by atoms with Gasteiger partial charge in [-0.3, -0.25) is 9.59 Å². The number of carbonyl (C=O) groups is 4. The highest BCUT2D eigenvalue weighted by Gasteiger charge is 2.75. The van der Waals surface area contributed by atoms with Crippen molar-refractivity contribution < 1.29 is 48.7 Å². The summed E-state index contributed by atoms with van der Waals surface area (Å²) >= 11 is 0. The van der Waals surface area contributed by atoms with Crippen molar-refractivity contribution in [1.29, 1.82) is 0 Å². The van der Waals surface area contributed by atoms with Crippen molar-refractivity contribution in [2.45, 2.75) is 83.1 Å². The summed E-state index contributed by atoms with van der Waals surface area (Å²) in [6.45, 7) is 3.50. The van der Waals surface area contributed by atoms with Crippen molar-refractivity contribution >= 4 is 23.5 Å². The average Bonchev–Trinajstić information content (AvgIpc) is 3.05. The number of alkyl halides is 1. The SMILES string of the molecule is CC(=O)OOC(=O)CC1CC(=O)C=C2CC[C@H]3[C@@H]4CC[C@](O)(C(=O)CO)[C@@]4(C)C[C@H](O)[C@]3(F)[C@]21C. The number of fused-ring (bicyclic) bond motifs is 5. The number of halogens is 1. The molecule has 0 aliphatic heterocycles. The van der Waals surface area contributed by atoms with Gasteiger partial charge in [0.2, 0.25) is 0 Å². The highest BCUT2D eigenvalue weighted by Crippen LogP contribution is 2.71. The van der Waals surface area contributed by atoms with Crippen LogP contribution in [0.1, 0.15) is 65.7 Å². The first kappa shape index (κ1) is 25.9. The van der Waals surface area contributed by atoms with E-state index < -0.39 is 76.7 Å². The Morgan fingerprint density at radius 1 is 1.17 bits per heavy atom. The zero-order chi connectivity index (χ0) is 26.0. The molecule has 0 radical (unpaired) electrons. The van der Waals surface area contributed by atoms with Crippen LogP contribution in [0.25, 0.3) is 0 Å². The van der Waals surface area contributed by atoms with Crippen molar-refractivity contribution in [2.75, 3.05) is 6.61 Å². The molecule has 9 nitrogen and oxygen atoms in total. The van der Waals surface area contributed by atoms with E-state index in [2.05, 4.69) is 9.78 Å². The summed E-state index contributed by atoms with van der Waals surface area (Å²) < 4.78 is 17.6. The first-order valence-electron chi connectivity index (χ1n) is 12.1. The number of Topliss-reactive ketones (excluding diaryl/α,β-unsaturated/α-hetero) is 1. The molecule has 4 aliphatic carbocycles. The van der Waals surface area contributed by atoms with E-state index in [1.54, 1.807) is 13.8 Å². The zero-order valence-electron chi connectivity index (χ0n) is 20.2. The number of hydrogen-bond acceptors (Lipinski definition) is 9. The van der Waals surface area contributed by atoms with E-state index in [0.717, 1.165) is 6.92 Å². The van der Waals surface area contributed by atoms with Crippen LogP contribution in [0.3, 0.4) is 0 Å². The van der Waals surface area contributed by atoms with Gasteiger partial charge in [-0.2, -0.15) is 0 Å². The standard InChI is InChI=1S/C25H33FO9/c1-13(28)34-35-21(32)10-15-9-16(29)8-14-4-5-18-17-6-7-24(33,20(31)12-27)22(17,2)11-19(30)25(18,26)23(14,15)3/h8,15,17-19,27,30,33H,4-7,9-12H2,1-3H3/t15?,17-,18-,19-,22-,23+,24-,25-/m0/s1. The van der Waals surface area contributed by atoms with Crippen LogP contribution >= 0.6 is 0 Å². The summed E-state index contributed by atoms with van der Waals surface area (Å²) in [5.74, 6) is -4.83. The van der Waals surface area contributed by atoms with E-state index in [1.807, 2.05) is 0 Å². The van der Waals surface area contributed by atoms with E-state index in [-0.39, 0.29) is 25.0 Å². The minimum absolute atomic E-state index is 0.0584. The van der Waals surface area contributed by atoms with Crippen molar-refractivity contribution in [1.82, 2.24) is 0 Å². The third-order valence-corrected chi connectivity index (χ3v) is 9.76. The predicted molar refractivity (Wildman–Crippen MR) is 117 cm³/mol. The quantitative estimate of drug-likeness (QED) is 0.389. The second-order valence-corrected chi connectivity index (χ2v) is 11.1. The fourth-order valence-corrected chi connectivity index (χ4v) is 7.99. The second-order valence-electron chi connectivity index (χ2n) is 11.1. The van der Waals surface area contributed by atoms with Gasteiger partial charge in [0.15, 0.2) is 11.6 Å². The molecule has 0 amide bonds. The first-order chi connectivity index (χ1) is 16.3. The van der Waals surface area contributed by atoms with Gasteiger partial charge in [-0.05, 0) is 50.0 Å². The Bertz CT molecular complexity index is 993. The molecule has 0 heterocycles. The number of ketones is 2. The second kappa shape index (κ2) is 8.45. The molecule has 0 aromatic rings. The van der Waals surface area contributed by atoms with Crippen molar-refractivity contribution in [3.63, 3.8) is 0 Å². The maximum Gasteiger partial charge on any atom is 0.355 e. The van der Waals surface area contributed by atoms with E-state index in [4.69, 9.17) is 0 Å². The molecule has 194 valence electrons. The topological polar surface area (TPSA) is 147 Å². The minimum atomic E-state index is -2.25. The molecule has 35 heavy (non-hydrogen) atoms. The van der Waals surface area contributed by atoms with Crippen LogP contribution in [0.5, 0.6) is 0 Å². The largest absolute Gasteiger partial charge is 0.390 e. The van der Waals surface area contributed by atoms with Gasteiger partial charge < -0.3 is 15.3 Å². The van der Waals surface area contributed by atoms with E-state index >= 15 is 4.39 Å². The van der Waals surface area contributed by atoms with E-state index in [9.17, 15) is 34.5 Å². The molecular weight excluding hydrogens is 463 g/mol. The van der Waals surface area contributed by atoms with Gasteiger partial charge in [0.25, 0.3) is 0 Å². The lowest BCUT2D eigenvalue weighted by molar-refractivity contribution is -0.261. The molecular formula is C25H33FO9. The van der Waals surface area contributed by atoms with Crippen molar-refractivity contribution in [2.24, 2.45) is 28.6 Å². The molecule has 0 aromatic carbocycles.